The van der Waals surface area contributed by atoms with Crippen LogP contribution in [0.5, 0.6) is 0 Å². The molecule has 0 aromatic heterocycles. The Bertz CT molecular complexity index is 712. The maximum Gasteiger partial charge on any atom is 0.422 e. The molecule has 1 amide bonds. The minimum atomic E-state index is -4.24. The number of nitrogens with one attached hydrogen (secondary N) is 2. The highest BCUT2D eigenvalue weighted by molar-refractivity contribution is 7.91. The third kappa shape index (κ3) is 6.33. The number of hydrogen-bond donors (Lipinski definition) is 2. The first kappa shape index (κ1) is 19.0. The van der Waals surface area contributed by atoms with Gasteiger partial charge in [-0.05, 0) is 39.0 Å². The van der Waals surface area contributed by atoms with Crippen molar-refractivity contribution in [3.63, 3.8) is 0 Å². The van der Waals surface area contributed by atoms with Gasteiger partial charge in [-0.15, -0.1) is 0 Å². The second-order valence-electron chi connectivity index (χ2n) is 5.40. The fourth-order valence-corrected chi connectivity index (χ4v) is 2.39. The van der Waals surface area contributed by atoms with E-state index < -0.39 is 27.9 Å². The van der Waals surface area contributed by atoms with Crippen LogP contribution in [0.3, 0.4) is 0 Å². The molecule has 0 aliphatic heterocycles. The molecule has 0 radical (unpaired) electrons. The zero-order valence-electron chi connectivity index (χ0n) is 13.0. The summed E-state index contributed by atoms with van der Waals surface area (Å²) in [6.07, 6.45) is -1.13. The summed E-state index contributed by atoms with van der Waals surface area (Å²) in [7, 11) is -3.07. The molecule has 10 heteroatoms. The Kier molecular flexibility index (Phi) is 5.84. The van der Waals surface area contributed by atoms with Gasteiger partial charge in [0.1, 0.15) is 5.60 Å². The lowest BCUT2D eigenvalue weighted by molar-refractivity contribution is 0.0567. The Morgan fingerprint density at radius 3 is 2.35 bits per heavy atom. The molecule has 0 unspecified atom stereocenters. The van der Waals surface area contributed by atoms with Gasteiger partial charge < -0.3 is 9.47 Å². The third-order valence-electron chi connectivity index (χ3n) is 2.24. The van der Waals surface area contributed by atoms with Crippen LogP contribution in [0.15, 0.2) is 18.2 Å². The minimum Gasteiger partial charge on any atom is -0.465 e. The van der Waals surface area contributed by atoms with E-state index >= 15 is 0 Å². The van der Waals surface area contributed by atoms with Gasteiger partial charge in [-0.2, -0.15) is 8.42 Å². The van der Waals surface area contributed by atoms with E-state index in [1.54, 1.807) is 25.5 Å². The van der Waals surface area contributed by atoms with Crippen LogP contribution in [0.1, 0.15) is 31.1 Å². The summed E-state index contributed by atoms with van der Waals surface area (Å²) in [6.45, 7) is 4.78. The number of rotatable bonds is 4. The van der Waals surface area contributed by atoms with Crippen molar-refractivity contribution in [3.05, 3.63) is 28.8 Å². The molecule has 0 aliphatic carbocycles. The lowest BCUT2D eigenvalue weighted by Gasteiger charge is -2.19. The van der Waals surface area contributed by atoms with Crippen LogP contribution in [0.2, 0.25) is 5.02 Å². The molecule has 0 atom stereocenters. The number of hydrogen-bond acceptors (Lipinski definition) is 6. The molecule has 0 heterocycles. The van der Waals surface area contributed by atoms with Crippen LogP contribution >= 0.6 is 11.6 Å². The molecule has 2 N–H and O–H groups in total. The first-order valence-corrected chi connectivity index (χ1v) is 8.21. The topological polar surface area (TPSA) is 111 Å². The first-order chi connectivity index (χ1) is 10.4. The summed E-state index contributed by atoms with van der Waals surface area (Å²) in [5, 5.41) is 0.0971. The molecular weight excluding hydrogens is 348 g/mol. The van der Waals surface area contributed by atoms with E-state index in [-0.39, 0.29) is 16.3 Å². The number of amides is 1. The first-order valence-electron chi connectivity index (χ1n) is 6.35. The Hall–Kier alpha value is -2.00. The largest absolute Gasteiger partial charge is 0.465 e. The summed E-state index contributed by atoms with van der Waals surface area (Å²) in [5.74, 6) is -0.726. The van der Waals surface area contributed by atoms with Crippen molar-refractivity contribution in [2.75, 3.05) is 11.8 Å². The van der Waals surface area contributed by atoms with Crippen LogP contribution in [0.25, 0.3) is 0 Å². The second-order valence-corrected chi connectivity index (χ2v) is 7.22. The van der Waals surface area contributed by atoms with Gasteiger partial charge in [0.2, 0.25) is 0 Å². The molecule has 23 heavy (non-hydrogen) atoms. The molecule has 1 aromatic carbocycles. The third-order valence-corrected chi connectivity index (χ3v) is 3.51. The van der Waals surface area contributed by atoms with E-state index in [9.17, 15) is 18.0 Å². The second kappa shape index (κ2) is 7.05. The zero-order chi connectivity index (χ0) is 17.8. The molecule has 128 valence electrons. The smallest absolute Gasteiger partial charge is 0.422 e. The van der Waals surface area contributed by atoms with Gasteiger partial charge in [-0.3, -0.25) is 4.72 Å². The summed E-state index contributed by atoms with van der Waals surface area (Å²) in [5.41, 5.74) is -0.852. The fraction of sp³-hybridized carbons (Fsp3) is 0.385. The van der Waals surface area contributed by atoms with Crippen molar-refractivity contribution in [3.8, 4) is 0 Å². The van der Waals surface area contributed by atoms with Crippen molar-refractivity contribution < 1.29 is 27.5 Å². The van der Waals surface area contributed by atoms with Gasteiger partial charge in [0, 0.05) is 0 Å². The number of methoxy groups -OCH3 is 1. The monoisotopic (exact) mass is 364 g/mol. The molecular formula is C13H17ClN2O6S. The van der Waals surface area contributed by atoms with Gasteiger partial charge in [0.05, 0.1) is 23.4 Å². The number of esters is 1. The van der Waals surface area contributed by atoms with Crippen LogP contribution in [-0.4, -0.2) is 33.2 Å². The van der Waals surface area contributed by atoms with Crippen molar-refractivity contribution in [1.29, 1.82) is 0 Å². The molecule has 1 aromatic rings. The Morgan fingerprint density at radius 1 is 1.22 bits per heavy atom. The lowest BCUT2D eigenvalue weighted by Crippen LogP contribution is -2.39. The quantitative estimate of drug-likeness (QED) is 0.793. The lowest BCUT2D eigenvalue weighted by atomic mass is 10.2. The number of halogens is 1. The normalized spacial score (nSPS) is 11.5. The molecule has 0 saturated heterocycles. The van der Waals surface area contributed by atoms with Crippen molar-refractivity contribution in [2.45, 2.75) is 26.4 Å². The average molecular weight is 365 g/mol. The number of benzene rings is 1. The summed E-state index contributed by atoms with van der Waals surface area (Å²) in [6, 6.07) is 3.82. The predicted octanol–water partition coefficient (Wildman–Crippen LogP) is 2.31. The van der Waals surface area contributed by atoms with E-state index in [2.05, 4.69) is 9.46 Å². The maximum absolute atomic E-state index is 11.9. The van der Waals surface area contributed by atoms with Crippen molar-refractivity contribution in [2.24, 2.45) is 0 Å². The highest BCUT2D eigenvalue weighted by atomic mass is 35.5. The SMILES string of the molecule is COC(=O)c1cc(NS(=O)(=O)NC(=O)OC(C)(C)C)ccc1Cl. The van der Waals surface area contributed by atoms with E-state index in [0.29, 0.717) is 0 Å². The number of ether oxygens (including phenoxy) is 2. The van der Waals surface area contributed by atoms with Crippen LogP contribution in [0.4, 0.5) is 10.5 Å². The van der Waals surface area contributed by atoms with E-state index in [4.69, 9.17) is 16.3 Å². The van der Waals surface area contributed by atoms with Gasteiger partial charge in [0.15, 0.2) is 0 Å². The highest BCUT2D eigenvalue weighted by Crippen LogP contribution is 2.22. The number of carbonyl (C=O) groups is 2. The number of anilines is 1. The molecule has 0 bridgehead atoms. The Labute approximate surface area is 139 Å². The standard InChI is InChI=1S/C13H17ClN2O6S/c1-13(2,3)22-12(18)16-23(19,20)15-8-5-6-10(14)9(7-8)11(17)21-4/h5-7,15H,1-4H3,(H,16,18). The van der Waals surface area contributed by atoms with Gasteiger partial charge in [-0.1, -0.05) is 11.6 Å². The molecule has 0 saturated carbocycles. The number of carbonyl (C=O) groups excluding carboxylic acids is 2. The molecule has 8 nitrogen and oxygen atoms in total. The van der Waals surface area contributed by atoms with Gasteiger partial charge >= 0.3 is 22.3 Å². The fourth-order valence-electron chi connectivity index (χ4n) is 1.44. The van der Waals surface area contributed by atoms with Crippen LogP contribution < -0.4 is 9.44 Å². The minimum absolute atomic E-state index is 0.0193. The summed E-state index contributed by atoms with van der Waals surface area (Å²) < 4.78 is 36.9. The van der Waals surface area contributed by atoms with E-state index in [0.717, 1.165) is 0 Å². The van der Waals surface area contributed by atoms with Gasteiger partial charge in [-0.25, -0.2) is 14.3 Å². The van der Waals surface area contributed by atoms with Crippen LogP contribution in [0, 0.1) is 0 Å². The van der Waals surface area contributed by atoms with E-state index in [1.165, 1.54) is 25.3 Å². The Morgan fingerprint density at radius 2 is 1.83 bits per heavy atom. The molecule has 0 aliphatic rings. The van der Waals surface area contributed by atoms with Gasteiger partial charge in [0.25, 0.3) is 0 Å². The van der Waals surface area contributed by atoms with Crippen LogP contribution in [-0.2, 0) is 19.7 Å². The molecule has 0 spiro atoms. The Balaban J connectivity index is 2.90. The molecule has 0 fully saturated rings. The molecule has 1 rings (SSSR count). The zero-order valence-corrected chi connectivity index (χ0v) is 14.5. The van der Waals surface area contributed by atoms with E-state index in [1.807, 2.05) is 0 Å². The highest BCUT2D eigenvalue weighted by Gasteiger charge is 2.22. The van der Waals surface area contributed by atoms with Crippen molar-refractivity contribution in [1.82, 2.24) is 4.72 Å². The average Bonchev–Trinajstić information content (AvgIpc) is 2.36. The maximum atomic E-state index is 11.9. The predicted molar refractivity (Wildman–Crippen MR) is 84.7 cm³/mol. The summed E-state index contributed by atoms with van der Waals surface area (Å²) >= 11 is 5.83. The van der Waals surface area contributed by atoms with Crippen molar-refractivity contribution >= 4 is 39.6 Å². The summed E-state index contributed by atoms with van der Waals surface area (Å²) in [4.78, 5) is 23.0.